The van der Waals surface area contributed by atoms with Gasteiger partial charge in [0.2, 0.25) is 0 Å². The Morgan fingerprint density at radius 1 is 1.25 bits per heavy atom. The molecule has 4 heteroatoms. The topological polar surface area (TPSA) is 0 Å². The van der Waals surface area contributed by atoms with Crippen molar-refractivity contribution in [2.75, 3.05) is 0 Å². The van der Waals surface area contributed by atoms with Crippen LogP contribution in [0.25, 0.3) is 0 Å². The Morgan fingerprint density at radius 2 is 1.25 bits per heavy atom. The van der Waals surface area contributed by atoms with Crippen molar-refractivity contribution in [1.29, 1.82) is 0 Å². The third-order valence-electron chi connectivity index (χ3n) is 0. The van der Waals surface area contributed by atoms with Gasteiger partial charge in [-0.1, -0.05) is 0 Å². The largest absolute Gasteiger partial charge is 2.00 e. The first-order valence-corrected chi connectivity index (χ1v) is 0. The van der Waals surface area contributed by atoms with Crippen LogP contribution in [0.4, 0.5) is 0 Å². The number of hydrogen-bond donors (Lipinski definition) is 0. The molecule has 0 saturated heterocycles. The van der Waals surface area contributed by atoms with Crippen LogP contribution < -0.4 is 51.4 Å². The minimum absolute atomic E-state index is 0. The van der Waals surface area contributed by atoms with Crippen LogP contribution in [0, 0.1) is 0 Å². The molecule has 0 bridgehead atoms. The van der Waals surface area contributed by atoms with E-state index >= 15 is 0 Å². The Morgan fingerprint density at radius 3 is 1.25 bits per heavy atom. The molecule has 0 spiro atoms. The first-order chi connectivity index (χ1) is 0. The molecular formula is H3AuBCaK. The van der Waals surface area contributed by atoms with Gasteiger partial charge in [0, 0.05) is 30.8 Å². The fourth-order valence-corrected chi connectivity index (χ4v) is 0. The van der Waals surface area contributed by atoms with Crippen molar-refractivity contribution < 1.29 is 78.0 Å². The summed E-state index contributed by atoms with van der Waals surface area (Å²) in [6.45, 7) is 0. The van der Waals surface area contributed by atoms with Crippen LogP contribution >= 0.6 is 0 Å². The first-order valence-electron chi connectivity index (χ1n) is 0. The van der Waals surface area contributed by atoms with E-state index in [0.29, 0.717) is 0 Å². The van der Waals surface area contributed by atoms with Crippen molar-refractivity contribution in [1.82, 2.24) is 0 Å². The minimum Gasteiger partial charge on any atom is -1.00 e. The summed E-state index contributed by atoms with van der Waals surface area (Å²) in [5.41, 5.74) is 0. The molecular weight excluding hydrogens is 287 g/mol. The predicted molar refractivity (Wildman–Crippen MR) is 14.8 cm³/mol. The second-order valence-electron chi connectivity index (χ2n) is 0. The zero-order valence-corrected chi connectivity index (χ0v) is 10.1. The van der Waals surface area contributed by atoms with E-state index in [9.17, 15) is 0 Å². The van der Waals surface area contributed by atoms with Gasteiger partial charge >= 0.3 is 89.1 Å². The first kappa shape index (κ1) is 25.2. The zero-order chi connectivity index (χ0) is 0. The summed E-state index contributed by atoms with van der Waals surface area (Å²) in [5, 5.41) is 0. The van der Waals surface area contributed by atoms with Crippen LogP contribution in [-0.2, 0) is 22.4 Å². The van der Waals surface area contributed by atoms with Gasteiger partial charge in [-0.15, -0.1) is 0 Å². The summed E-state index contributed by atoms with van der Waals surface area (Å²) in [6, 6.07) is 0. The Bertz CT molecular complexity index is 14.9. The summed E-state index contributed by atoms with van der Waals surface area (Å²) in [4.78, 5) is 0. The number of rotatable bonds is 0. The van der Waals surface area contributed by atoms with Crippen LogP contribution in [0.15, 0.2) is 0 Å². The Labute approximate surface area is 121 Å². The fourth-order valence-electron chi connectivity index (χ4n) is 0. The summed E-state index contributed by atoms with van der Waals surface area (Å²) in [6.07, 6.45) is 0. The third kappa shape index (κ3) is 9.20. The molecule has 0 saturated carbocycles. The zero-order valence-electron chi connectivity index (χ0n) is 5.59. The van der Waals surface area contributed by atoms with Crippen molar-refractivity contribution in [3.63, 3.8) is 0 Å². The van der Waals surface area contributed by atoms with Crippen molar-refractivity contribution in [2.45, 2.75) is 0 Å². The molecule has 0 amide bonds. The molecule has 0 N–H and O–H groups in total. The van der Waals surface area contributed by atoms with Gasteiger partial charge in [0.25, 0.3) is 0 Å². The molecule has 0 aromatic rings. The molecule has 0 aliphatic carbocycles. The van der Waals surface area contributed by atoms with Gasteiger partial charge in [-0.3, -0.25) is 0 Å². The molecule has 0 fully saturated rings. The van der Waals surface area contributed by atoms with Crippen LogP contribution in [0.1, 0.15) is 4.28 Å². The van der Waals surface area contributed by atoms with Crippen molar-refractivity contribution in [3.05, 3.63) is 0 Å². The molecule has 0 unspecified atom stereocenters. The van der Waals surface area contributed by atoms with E-state index in [1.165, 1.54) is 0 Å². The van der Waals surface area contributed by atoms with Gasteiger partial charge in [-0.05, 0) is 0 Å². The molecule has 0 nitrogen and oxygen atoms in total. The average molecular weight is 290 g/mol. The Balaban J connectivity index is 0. The maximum atomic E-state index is 0. The Kier molecular flexibility index (Phi) is 100. The van der Waals surface area contributed by atoms with Crippen molar-refractivity contribution in [2.24, 2.45) is 0 Å². The molecule has 0 aliphatic heterocycles. The second-order valence-corrected chi connectivity index (χ2v) is 0. The maximum absolute atomic E-state index is 0. The number of hydrogen-bond acceptors (Lipinski definition) is 0. The summed E-state index contributed by atoms with van der Waals surface area (Å²) in [7, 11) is 0. The third-order valence-corrected chi connectivity index (χ3v) is 0. The quantitative estimate of drug-likeness (QED) is 0.408. The summed E-state index contributed by atoms with van der Waals surface area (Å²) >= 11 is 0. The van der Waals surface area contributed by atoms with Gasteiger partial charge in [-0.25, -0.2) is 0 Å². The van der Waals surface area contributed by atoms with Gasteiger partial charge in [0.05, 0.1) is 0 Å². The normalized spacial score (nSPS) is 0. The van der Waals surface area contributed by atoms with Crippen molar-refractivity contribution >= 4 is 46.2 Å². The Hall–Kier alpha value is 3.70. The fraction of sp³-hybridized carbons (Fsp3) is 0. The summed E-state index contributed by atoms with van der Waals surface area (Å²) < 4.78 is 0. The van der Waals surface area contributed by atoms with E-state index < -0.39 is 0 Å². The van der Waals surface area contributed by atoms with Crippen LogP contribution in [0.2, 0.25) is 0 Å². The molecule has 4 heavy (non-hydrogen) atoms. The van der Waals surface area contributed by atoms with Gasteiger partial charge < -0.3 is 4.28 Å². The van der Waals surface area contributed by atoms with E-state index in [2.05, 4.69) is 0 Å². The standard InChI is InChI=1S/Au.B.Ca.K.3H/q;;+2;+1;3*-1. The summed E-state index contributed by atoms with van der Waals surface area (Å²) in [5.74, 6) is 0. The van der Waals surface area contributed by atoms with E-state index in [-0.39, 0.29) is 124 Å². The maximum Gasteiger partial charge on any atom is 2.00 e. The van der Waals surface area contributed by atoms with Gasteiger partial charge in [-0.2, -0.15) is 0 Å². The molecule has 0 heterocycles. The smallest absolute Gasteiger partial charge is 1.00 e. The monoisotopic (exact) mass is 290 g/mol. The van der Waals surface area contributed by atoms with Gasteiger partial charge in [0.1, 0.15) is 0 Å². The average Bonchev–Trinajstić information content (AvgIpc) is 0. The molecule has 0 aromatic heterocycles. The molecule has 4 radical (unpaired) electrons. The van der Waals surface area contributed by atoms with Crippen molar-refractivity contribution in [3.8, 4) is 0 Å². The van der Waals surface area contributed by atoms with E-state index in [0.717, 1.165) is 0 Å². The van der Waals surface area contributed by atoms with E-state index in [1.54, 1.807) is 0 Å². The second kappa shape index (κ2) is 15.9. The molecule has 20 valence electrons. The van der Waals surface area contributed by atoms with Crippen LogP contribution in [-0.4, -0.2) is 46.2 Å². The van der Waals surface area contributed by atoms with Gasteiger partial charge in [0.15, 0.2) is 0 Å². The molecule has 0 aromatic carbocycles. The molecule has 0 rings (SSSR count). The minimum atomic E-state index is 0. The SMILES string of the molecule is [Au].[B].[Ca+2].[H-].[H-].[H-].[K+]. The van der Waals surface area contributed by atoms with Crippen LogP contribution in [0.3, 0.4) is 0 Å². The predicted octanol–water partition coefficient (Wildman–Crippen LogP) is -3.42. The van der Waals surface area contributed by atoms with E-state index in [1.807, 2.05) is 0 Å². The molecule has 0 atom stereocenters. The molecule has 0 aliphatic rings. The van der Waals surface area contributed by atoms with E-state index in [4.69, 9.17) is 0 Å². The van der Waals surface area contributed by atoms with Crippen LogP contribution in [0.5, 0.6) is 0 Å².